The summed E-state index contributed by atoms with van der Waals surface area (Å²) >= 11 is 1.56. The summed E-state index contributed by atoms with van der Waals surface area (Å²) in [6.45, 7) is 3.65. The van der Waals surface area contributed by atoms with E-state index in [1.54, 1.807) is 11.8 Å². The topological polar surface area (TPSA) is 66.4 Å². The van der Waals surface area contributed by atoms with Gasteiger partial charge in [0.25, 0.3) is 0 Å². The second-order valence-electron chi connectivity index (χ2n) is 3.39. The number of unbranched alkanes of at least 4 members (excludes halogenated alkanes) is 3. The largest absolute Gasteiger partial charge is 0.480 e. The molecule has 5 heteroatoms. The van der Waals surface area contributed by atoms with Crippen LogP contribution in [0.25, 0.3) is 0 Å². The number of amides is 1. The first-order chi connectivity index (χ1) is 7.72. The van der Waals surface area contributed by atoms with E-state index in [9.17, 15) is 9.59 Å². The maximum atomic E-state index is 10.6. The zero-order valence-electron chi connectivity index (χ0n) is 9.35. The Morgan fingerprint density at radius 3 is 2.75 bits per heavy atom. The van der Waals surface area contributed by atoms with E-state index >= 15 is 0 Å². The number of carbonyl (C=O) groups excluding carboxylic acids is 1. The molecular weight excluding hydrogens is 226 g/mol. The highest BCUT2D eigenvalue weighted by atomic mass is 32.2. The molecule has 0 aromatic rings. The Balaban J connectivity index is 3.43. The summed E-state index contributed by atoms with van der Waals surface area (Å²) in [7, 11) is 0. The van der Waals surface area contributed by atoms with Crippen molar-refractivity contribution in [1.29, 1.82) is 0 Å². The third kappa shape index (κ3) is 8.35. The monoisotopic (exact) mass is 245 g/mol. The maximum absolute atomic E-state index is 10.6. The van der Waals surface area contributed by atoms with E-state index in [1.165, 1.54) is 0 Å². The number of allylic oxidation sites excluding steroid dienone is 1. The molecule has 0 aromatic carbocycles. The summed E-state index contributed by atoms with van der Waals surface area (Å²) in [5, 5.41) is 11.0. The van der Waals surface area contributed by atoms with Gasteiger partial charge in [0.2, 0.25) is 6.41 Å². The van der Waals surface area contributed by atoms with E-state index in [-0.39, 0.29) is 0 Å². The first-order valence-electron chi connectivity index (χ1n) is 5.33. The molecule has 4 nitrogen and oxygen atoms in total. The lowest BCUT2D eigenvalue weighted by atomic mass is 10.2. The van der Waals surface area contributed by atoms with Gasteiger partial charge in [0, 0.05) is 5.75 Å². The van der Waals surface area contributed by atoms with Gasteiger partial charge < -0.3 is 10.4 Å². The predicted molar refractivity (Wildman–Crippen MR) is 66.6 cm³/mol. The molecule has 0 heterocycles. The van der Waals surface area contributed by atoms with Crippen molar-refractivity contribution in [2.75, 3.05) is 11.5 Å². The number of rotatable bonds is 11. The van der Waals surface area contributed by atoms with Crippen molar-refractivity contribution in [2.24, 2.45) is 0 Å². The Hall–Kier alpha value is -0.970. The molecule has 2 N–H and O–H groups in total. The van der Waals surface area contributed by atoms with E-state index < -0.39 is 12.0 Å². The van der Waals surface area contributed by atoms with Gasteiger partial charge in [0.05, 0.1) is 0 Å². The Morgan fingerprint density at radius 1 is 1.44 bits per heavy atom. The zero-order chi connectivity index (χ0) is 12.2. The quantitative estimate of drug-likeness (QED) is 0.330. The predicted octanol–water partition coefficient (Wildman–Crippen LogP) is 1.67. The molecule has 0 aromatic heterocycles. The lowest BCUT2D eigenvalue weighted by Crippen LogP contribution is -2.37. The first-order valence-corrected chi connectivity index (χ1v) is 6.49. The summed E-state index contributed by atoms with van der Waals surface area (Å²) in [5.74, 6) is 0.378. The third-order valence-electron chi connectivity index (χ3n) is 2.05. The first kappa shape index (κ1) is 15.0. The molecule has 1 unspecified atom stereocenters. The van der Waals surface area contributed by atoms with Crippen molar-refractivity contribution >= 4 is 24.1 Å². The molecular formula is C11H19NO3S. The molecule has 0 spiro atoms. The van der Waals surface area contributed by atoms with Crippen molar-refractivity contribution < 1.29 is 14.7 Å². The summed E-state index contributed by atoms with van der Waals surface area (Å²) in [4.78, 5) is 20.8. The molecule has 0 bridgehead atoms. The number of thioether (sulfide) groups is 1. The van der Waals surface area contributed by atoms with Crippen LogP contribution in [0.5, 0.6) is 0 Å². The summed E-state index contributed by atoms with van der Waals surface area (Å²) < 4.78 is 0. The molecule has 0 rings (SSSR count). The molecule has 0 fully saturated rings. The highest BCUT2D eigenvalue weighted by Gasteiger charge is 2.15. The molecule has 0 radical (unpaired) electrons. The number of aliphatic carboxylic acids is 1. The minimum Gasteiger partial charge on any atom is -0.480 e. The van der Waals surface area contributed by atoms with Gasteiger partial charge in [0.1, 0.15) is 6.04 Å². The maximum Gasteiger partial charge on any atom is 0.327 e. The van der Waals surface area contributed by atoms with Gasteiger partial charge in [-0.3, -0.25) is 4.79 Å². The number of carboxylic acid groups (broad SMARTS) is 1. The summed E-state index contributed by atoms with van der Waals surface area (Å²) in [6.07, 6.45) is 6.73. The molecule has 1 amide bonds. The van der Waals surface area contributed by atoms with E-state index in [2.05, 4.69) is 11.9 Å². The molecule has 92 valence electrons. The fourth-order valence-electron chi connectivity index (χ4n) is 1.14. The lowest BCUT2D eigenvalue weighted by Gasteiger charge is -2.10. The molecule has 0 saturated carbocycles. The normalized spacial score (nSPS) is 11.8. The lowest BCUT2D eigenvalue weighted by molar-refractivity contribution is -0.139. The van der Waals surface area contributed by atoms with Crippen LogP contribution in [0.1, 0.15) is 25.7 Å². The van der Waals surface area contributed by atoms with Gasteiger partial charge in [-0.15, -0.1) is 6.58 Å². The number of hydrogen-bond donors (Lipinski definition) is 2. The SMILES string of the molecule is C=CCCCCCSCC(NC=O)C(=O)O. The van der Waals surface area contributed by atoms with Crippen LogP contribution in [0.15, 0.2) is 12.7 Å². The van der Waals surface area contributed by atoms with Crippen LogP contribution in [0, 0.1) is 0 Å². The van der Waals surface area contributed by atoms with Crippen molar-refractivity contribution in [3.63, 3.8) is 0 Å². The second kappa shape index (κ2) is 10.5. The van der Waals surface area contributed by atoms with Gasteiger partial charge in [0.15, 0.2) is 0 Å². The average Bonchev–Trinajstić information content (AvgIpc) is 2.26. The Morgan fingerprint density at radius 2 is 2.19 bits per heavy atom. The second-order valence-corrected chi connectivity index (χ2v) is 4.54. The molecule has 1 atom stereocenters. The van der Waals surface area contributed by atoms with Crippen LogP contribution in [0.3, 0.4) is 0 Å². The molecule has 16 heavy (non-hydrogen) atoms. The van der Waals surface area contributed by atoms with Crippen LogP contribution in [-0.4, -0.2) is 35.0 Å². The molecule has 0 aliphatic rings. The van der Waals surface area contributed by atoms with E-state index in [0.717, 1.165) is 31.4 Å². The average molecular weight is 245 g/mol. The van der Waals surface area contributed by atoms with Crippen LogP contribution in [-0.2, 0) is 9.59 Å². The van der Waals surface area contributed by atoms with Crippen LogP contribution in [0.4, 0.5) is 0 Å². The smallest absolute Gasteiger partial charge is 0.327 e. The van der Waals surface area contributed by atoms with E-state index in [4.69, 9.17) is 5.11 Å². The number of hydrogen-bond acceptors (Lipinski definition) is 3. The third-order valence-corrected chi connectivity index (χ3v) is 3.20. The molecule has 0 aliphatic carbocycles. The van der Waals surface area contributed by atoms with Crippen LogP contribution in [0.2, 0.25) is 0 Å². The molecule has 0 aliphatic heterocycles. The van der Waals surface area contributed by atoms with Gasteiger partial charge in [-0.05, 0) is 25.0 Å². The molecule has 0 saturated heterocycles. The van der Waals surface area contributed by atoms with E-state index in [1.807, 2.05) is 6.08 Å². The Bertz CT molecular complexity index is 221. The van der Waals surface area contributed by atoms with Crippen LogP contribution >= 0.6 is 11.8 Å². The van der Waals surface area contributed by atoms with Gasteiger partial charge >= 0.3 is 5.97 Å². The van der Waals surface area contributed by atoms with Crippen molar-refractivity contribution in [1.82, 2.24) is 5.32 Å². The van der Waals surface area contributed by atoms with E-state index in [0.29, 0.717) is 12.2 Å². The van der Waals surface area contributed by atoms with Gasteiger partial charge in [-0.25, -0.2) is 4.79 Å². The van der Waals surface area contributed by atoms with Crippen LogP contribution < -0.4 is 5.32 Å². The zero-order valence-corrected chi connectivity index (χ0v) is 10.2. The highest BCUT2D eigenvalue weighted by Crippen LogP contribution is 2.09. The Labute approximate surface area is 100 Å². The number of nitrogens with one attached hydrogen (secondary N) is 1. The minimum absolute atomic E-state index is 0.426. The Kier molecular flexibility index (Phi) is 9.91. The van der Waals surface area contributed by atoms with Gasteiger partial charge in [-0.1, -0.05) is 12.5 Å². The van der Waals surface area contributed by atoms with Gasteiger partial charge in [-0.2, -0.15) is 11.8 Å². The standard InChI is InChI=1S/C11H19NO3S/c1-2-3-4-5-6-7-16-8-10(11(14)15)12-9-13/h2,9-10H,1,3-8H2,(H,12,13)(H,14,15). The van der Waals surface area contributed by atoms with Crippen molar-refractivity contribution in [3.8, 4) is 0 Å². The summed E-state index contributed by atoms with van der Waals surface area (Å²) in [5.41, 5.74) is 0. The van der Waals surface area contributed by atoms with Crippen molar-refractivity contribution in [2.45, 2.75) is 31.7 Å². The highest BCUT2D eigenvalue weighted by molar-refractivity contribution is 7.99. The number of carboxylic acids is 1. The minimum atomic E-state index is -0.980. The summed E-state index contributed by atoms with van der Waals surface area (Å²) in [6, 6.07) is -0.768. The fraction of sp³-hybridized carbons (Fsp3) is 0.636. The fourth-order valence-corrected chi connectivity index (χ4v) is 2.19. The number of carbonyl (C=O) groups is 2. The van der Waals surface area contributed by atoms with Crippen molar-refractivity contribution in [3.05, 3.63) is 12.7 Å².